The average Bonchev–Trinajstić information content (AvgIpc) is 2.72. The zero-order chi connectivity index (χ0) is 19.5. The van der Waals surface area contributed by atoms with Gasteiger partial charge in [0.15, 0.2) is 5.65 Å². The van der Waals surface area contributed by atoms with Gasteiger partial charge in [-0.1, -0.05) is 12.1 Å². The zero-order valence-corrected chi connectivity index (χ0v) is 15.3. The first-order valence-electron chi connectivity index (χ1n) is 8.78. The van der Waals surface area contributed by atoms with E-state index in [-0.39, 0.29) is 5.82 Å². The summed E-state index contributed by atoms with van der Waals surface area (Å²) in [5.74, 6) is -0.329. The standard InChI is InChI=1S/C23H17FN4/c1-15-9-13-26-22(16(15)10-12-25-2)19-14-21(18-6-3-4-8-20(18)24)28-23-17(19)7-5-11-27-23/h3-14H,2H2,1H3/b12-10-. The Kier molecular flexibility index (Phi) is 4.72. The molecule has 4 nitrogen and oxygen atoms in total. The van der Waals surface area contributed by atoms with E-state index in [1.54, 1.807) is 36.8 Å². The van der Waals surface area contributed by atoms with Crippen molar-refractivity contribution < 1.29 is 4.39 Å². The van der Waals surface area contributed by atoms with Crippen LogP contribution < -0.4 is 0 Å². The Morgan fingerprint density at radius 1 is 1.00 bits per heavy atom. The smallest absolute Gasteiger partial charge is 0.160 e. The summed E-state index contributed by atoms with van der Waals surface area (Å²) in [5, 5.41) is 0.849. The third-order valence-corrected chi connectivity index (χ3v) is 4.54. The number of nitrogens with zero attached hydrogens (tertiary/aromatic N) is 4. The first kappa shape index (κ1) is 17.7. The predicted molar refractivity (Wildman–Crippen MR) is 111 cm³/mol. The Balaban J connectivity index is 2.05. The number of hydrogen-bond acceptors (Lipinski definition) is 4. The van der Waals surface area contributed by atoms with Crippen LogP contribution in [0.5, 0.6) is 0 Å². The fourth-order valence-corrected chi connectivity index (χ4v) is 3.18. The molecule has 3 heterocycles. The molecule has 0 atom stereocenters. The molecule has 0 aliphatic heterocycles. The van der Waals surface area contributed by atoms with Gasteiger partial charge < -0.3 is 0 Å². The molecule has 5 heteroatoms. The van der Waals surface area contributed by atoms with Gasteiger partial charge in [-0.05, 0) is 61.7 Å². The van der Waals surface area contributed by atoms with E-state index in [4.69, 9.17) is 0 Å². The number of hydrogen-bond donors (Lipinski definition) is 0. The van der Waals surface area contributed by atoms with E-state index >= 15 is 0 Å². The minimum Gasteiger partial charge on any atom is -0.272 e. The molecule has 3 aromatic heterocycles. The van der Waals surface area contributed by atoms with Crippen LogP contribution in [0.4, 0.5) is 4.39 Å². The molecular formula is C23H17FN4. The number of pyridine rings is 3. The third-order valence-electron chi connectivity index (χ3n) is 4.54. The molecule has 0 spiro atoms. The first-order valence-corrected chi connectivity index (χ1v) is 8.78. The second-order valence-electron chi connectivity index (χ2n) is 6.30. The number of aryl methyl sites for hydroxylation is 1. The molecule has 0 amide bonds. The maximum atomic E-state index is 14.4. The summed E-state index contributed by atoms with van der Waals surface area (Å²) in [5.41, 5.74) is 5.05. The SMILES string of the molecule is C=N/C=C\c1c(C)ccnc1-c1cc(-c2ccccc2F)nc2ncccc12. The lowest BCUT2D eigenvalue weighted by atomic mass is 9.97. The minimum absolute atomic E-state index is 0.329. The van der Waals surface area contributed by atoms with Crippen molar-refractivity contribution in [3.05, 3.63) is 84.1 Å². The lowest BCUT2D eigenvalue weighted by Crippen LogP contribution is -1.97. The number of aromatic nitrogens is 3. The molecule has 4 rings (SSSR count). The van der Waals surface area contributed by atoms with Crippen LogP contribution in [-0.4, -0.2) is 21.7 Å². The Hall–Kier alpha value is -3.73. The summed E-state index contributed by atoms with van der Waals surface area (Å²) < 4.78 is 14.4. The molecule has 0 saturated carbocycles. The van der Waals surface area contributed by atoms with Crippen LogP contribution in [0.3, 0.4) is 0 Å². The molecule has 0 N–H and O–H groups in total. The maximum Gasteiger partial charge on any atom is 0.160 e. The Bertz CT molecular complexity index is 1210. The van der Waals surface area contributed by atoms with Gasteiger partial charge in [0, 0.05) is 40.7 Å². The van der Waals surface area contributed by atoms with E-state index in [1.807, 2.05) is 37.3 Å². The topological polar surface area (TPSA) is 51.0 Å². The fourth-order valence-electron chi connectivity index (χ4n) is 3.18. The molecule has 0 aliphatic rings. The van der Waals surface area contributed by atoms with Crippen LogP contribution in [0.2, 0.25) is 0 Å². The van der Waals surface area contributed by atoms with Gasteiger partial charge in [-0.3, -0.25) is 9.98 Å². The zero-order valence-electron chi connectivity index (χ0n) is 15.3. The molecule has 0 unspecified atom stereocenters. The van der Waals surface area contributed by atoms with Gasteiger partial charge in [0.25, 0.3) is 0 Å². The van der Waals surface area contributed by atoms with Gasteiger partial charge in [-0.2, -0.15) is 0 Å². The van der Waals surface area contributed by atoms with Gasteiger partial charge in [0.1, 0.15) is 5.82 Å². The predicted octanol–water partition coefficient (Wildman–Crippen LogP) is 5.48. The van der Waals surface area contributed by atoms with Crippen molar-refractivity contribution in [1.82, 2.24) is 15.0 Å². The van der Waals surface area contributed by atoms with Crippen molar-refractivity contribution in [1.29, 1.82) is 0 Å². The highest BCUT2D eigenvalue weighted by molar-refractivity contribution is 5.96. The van der Waals surface area contributed by atoms with E-state index in [0.29, 0.717) is 16.9 Å². The highest BCUT2D eigenvalue weighted by Crippen LogP contribution is 2.34. The number of benzene rings is 1. The number of aliphatic imine (C=N–C) groups is 1. The van der Waals surface area contributed by atoms with E-state index < -0.39 is 0 Å². The number of rotatable bonds is 4. The monoisotopic (exact) mass is 368 g/mol. The Morgan fingerprint density at radius 3 is 2.68 bits per heavy atom. The molecule has 28 heavy (non-hydrogen) atoms. The molecule has 0 fully saturated rings. The van der Waals surface area contributed by atoms with Crippen molar-refractivity contribution in [3.8, 4) is 22.5 Å². The molecule has 4 aromatic rings. The highest BCUT2D eigenvalue weighted by atomic mass is 19.1. The maximum absolute atomic E-state index is 14.4. The number of halogens is 1. The van der Waals surface area contributed by atoms with Crippen molar-refractivity contribution in [2.45, 2.75) is 6.92 Å². The summed E-state index contributed by atoms with van der Waals surface area (Å²) in [6.07, 6.45) is 6.94. The van der Waals surface area contributed by atoms with E-state index in [9.17, 15) is 4.39 Å². The lowest BCUT2D eigenvalue weighted by molar-refractivity contribution is 0.631. The average molecular weight is 368 g/mol. The fraction of sp³-hybridized carbons (Fsp3) is 0.0435. The number of fused-ring (bicyclic) bond motifs is 1. The Labute approximate surface area is 162 Å². The van der Waals surface area contributed by atoms with Crippen LogP contribution in [0.1, 0.15) is 11.1 Å². The van der Waals surface area contributed by atoms with E-state index in [2.05, 4.69) is 26.7 Å². The third kappa shape index (κ3) is 3.18. The van der Waals surface area contributed by atoms with E-state index in [0.717, 1.165) is 27.8 Å². The van der Waals surface area contributed by atoms with Gasteiger partial charge in [0.05, 0.1) is 11.4 Å². The molecule has 0 bridgehead atoms. The van der Waals surface area contributed by atoms with Crippen molar-refractivity contribution in [3.63, 3.8) is 0 Å². The molecular weight excluding hydrogens is 351 g/mol. The summed E-state index contributed by atoms with van der Waals surface area (Å²) in [4.78, 5) is 17.4. The summed E-state index contributed by atoms with van der Waals surface area (Å²) in [7, 11) is 0. The lowest BCUT2D eigenvalue weighted by Gasteiger charge is -2.13. The van der Waals surface area contributed by atoms with Crippen molar-refractivity contribution in [2.24, 2.45) is 4.99 Å². The Morgan fingerprint density at radius 2 is 1.86 bits per heavy atom. The van der Waals surface area contributed by atoms with Crippen LogP contribution in [0.25, 0.3) is 39.6 Å². The normalized spacial score (nSPS) is 11.2. The van der Waals surface area contributed by atoms with Crippen LogP contribution >= 0.6 is 0 Å². The second kappa shape index (κ2) is 7.48. The summed E-state index contributed by atoms with van der Waals surface area (Å²) in [6, 6.07) is 14.2. The van der Waals surface area contributed by atoms with Gasteiger partial charge in [0.2, 0.25) is 0 Å². The minimum atomic E-state index is -0.329. The molecule has 0 radical (unpaired) electrons. The largest absolute Gasteiger partial charge is 0.272 e. The van der Waals surface area contributed by atoms with Gasteiger partial charge in [-0.25, -0.2) is 14.4 Å². The van der Waals surface area contributed by atoms with Gasteiger partial charge >= 0.3 is 0 Å². The molecule has 1 aromatic carbocycles. The molecule has 0 aliphatic carbocycles. The van der Waals surface area contributed by atoms with Gasteiger partial charge in [-0.15, -0.1) is 0 Å². The molecule has 136 valence electrons. The second-order valence-corrected chi connectivity index (χ2v) is 6.30. The quantitative estimate of drug-likeness (QED) is 0.448. The van der Waals surface area contributed by atoms with E-state index in [1.165, 1.54) is 6.07 Å². The van der Waals surface area contributed by atoms with Crippen LogP contribution in [-0.2, 0) is 0 Å². The van der Waals surface area contributed by atoms with Crippen molar-refractivity contribution in [2.75, 3.05) is 0 Å². The van der Waals surface area contributed by atoms with Crippen LogP contribution in [0, 0.1) is 12.7 Å². The van der Waals surface area contributed by atoms with Crippen LogP contribution in [0.15, 0.2) is 72.1 Å². The molecule has 0 saturated heterocycles. The summed E-state index contributed by atoms with van der Waals surface area (Å²) >= 11 is 0. The first-order chi connectivity index (χ1) is 13.7. The summed E-state index contributed by atoms with van der Waals surface area (Å²) in [6.45, 7) is 5.51. The van der Waals surface area contributed by atoms with Crippen molar-refractivity contribution >= 4 is 23.8 Å². The highest BCUT2D eigenvalue weighted by Gasteiger charge is 2.16.